The molecule has 1 fully saturated rings. The van der Waals surface area contributed by atoms with E-state index in [9.17, 15) is 4.79 Å². The lowest BCUT2D eigenvalue weighted by Gasteiger charge is -2.18. The van der Waals surface area contributed by atoms with E-state index in [1.165, 1.54) is 0 Å². The SMILES string of the molecule is COc1ccc(-c2[nH]ncc2C=NNC(=O)[C@H]2CC2(c2ccccc2)c2ccccc2)cc1OC. The molecule has 0 spiro atoms. The quantitative estimate of drug-likeness (QED) is 0.295. The Labute approximate surface area is 203 Å². The lowest BCUT2D eigenvalue weighted by Crippen LogP contribution is -2.25. The number of nitrogens with one attached hydrogen (secondary N) is 2. The number of hydrogen-bond acceptors (Lipinski definition) is 5. The van der Waals surface area contributed by atoms with Crippen molar-refractivity contribution in [3.8, 4) is 22.8 Å². The molecule has 0 radical (unpaired) electrons. The predicted molar refractivity (Wildman–Crippen MR) is 135 cm³/mol. The summed E-state index contributed by atoms with van der Waals surface area (Å²) in [6, 6.07) is 26.0. The van der Waals surface area contributed by atoms with Crippen LogP contribution in [-0.2, 0) is 10.2 Å². The monoisotopic (exact) mass is 466 g/mol. The summed E-state index contributed by atoms with van der Waals surface area (Å²) in [7, 11) is 3.19. The van der Waals surface area contributed by atoms with Crippen molar-refractivity contribution in [2.24, 2.45) is 11.0 Å². The standard InChI is InChI=1S/C28H26N4O3/c1-34-24-14-13-19(15-25(24)35-2)26-20(17-29-31-26)18-30-32-27(33)23-16-28(23,21-9-5-3-6-10-21)22-11-7-4-8-12-22/h3-15,17-18,23H,16H2,1-2H3,(H,29,31)(H,32,33)/t23-/m1/s1. The van der Waals surface area contributed by atoms with Crippen molar-refractivity contribution in [1.82, 2.24) is 15.6 Å². The molecule has 35 heavy (non-hydrogen) atoms. The molecule has 1 atom stereocenters. The molecule has 5 rings (SSSR count). The van der Waals surface area contributed by atoms with Crippen LogP contribution in [0.5, 0.6) is 11.5 Å². The molecule has 7 nitrogen and oxygen atoms in total. The van der Waals surface area contributed by atoms with Crippen molar-refractivity contribution in [1.29, 1.82) is 0 Å². The lowest BCUT2D eigenvalue weighted by molar-refractivity contribution is -0.122. The van der Waals surface area contributed by atoms with E-state index in [4.69, 9.17) is 9.47 Å². The number of carbonyl (C=O) groups is 1. The van der Waals surface area contributed by atoms with Gasteiger partial charge in [-0.1, -0.05) is 60.7 Å². The lowest BCUT2D eigenvalue weighted by atomic mass is 9.85. The Morgan fingerprint density at radius 2 is 1.66 bits per heavy atom. The zero-order valence-corrected chi connectivity index (χ0v) is 19.6. The number of benzene rings is 3. The van der Waals surface area contributed by atoms with Crippen LogP contribution in [-0.4, -0.2) is 36.5 Å². The zero-order valence-electron chi connectivity index (χ0n) is 19.6. The number of carbonyl (C=O) groups excluding carboxylic acids is 1. The molecule has 1 heterocycles. The second-order valence-corrected chi connectivity index (χ2v) is 8.46. The van der Waals surface area contributed by atoms with E-state index in [0.717, 1.165) is 34.4 Å². The first-order chi connectivity index (χ1) is 17.2. The van der Waals surface area contributed by atoms with Gasteiger partial charge in [-0.2, -0.15) is 10.2 Å². The number of hydrogen-bond donors (Lipinski definition) is 2. The van der Waals surface area contributed by atoms with Crippen LogP contribution < -0.4 is 14.9 Å². The summed E-state index contributed by atoms with van der Waals surface area (Å²) in [5, 5.41) is 11.4. The highest BCUT2D eigenvalue weighted by Crippen LogP contribution is 2.58. The number of H-pyrrole nitrogens is 1. The minimum atomic E-state index is -0.331. The molecule has 0 saturated heterocycles. The Hall–Kier alpha value is -4.39. The van der Waals surface area contributed by atoms with Crippen LogP contribution in [0, 0.1) is 5.92 Å². The van der Waals surface area contributed by atoms with Gasteiger partial charge in [0.05, 0.1) is 38.2 Å². The summed E-state index contributed by atoms with van der Waals surface area (Å²) in [5.41, 5.74) is 7.06. The molecule has 1 saturated carbocycles. The molecule has 1 aliphatic carbocycles. The van der Waals surface area contributed by atoms with Crippen molar-refractivity contribution in [2.45, 2.75) is 11.8 Å². The molecule has 4 aromatic rings. The maximum Gasteiger partial charge on any atom is 0.244 e. The smallest absolute Gasteiger partial charge is 0.244 e. The first-order valence-electron chi connectivity index (χ1n) is 11.4. The van der Waals surface area contributed by atoms with Gasteiger partial charge in [0.1, 0.15) is 0 Å². The molecule has 1 amide bonds. The van der Waals surface area contributed by atoms with Gasteiger partial charge < -0.3 is 9.47 Å². The number of methoxy groups -OCH3 is 2. The van der Waals surface area contributed by atoms with E-state index in [1.807, 2.05) is 54.6 Å². The highest BCUT2D eigenvalue weighted by Gasteiger charge is 2.60. The summed E-state index contributed by atoms with van der Waals surface area (Å²) >= 11 is 0. The van der Waals surface area contributed by atoms with Crippen LogP contribution in [0.4, 0.5) is 0 Å². The summed E-state index contributed by atoms with van der Waals surface area (Å²) in [6.07, 6.45) is 4.00. The first-order valence-corrected chi connectivity index (χ1v) is 11.4. The fraction of sp³-hybridized carbons (Fsp3) is 0.179. The second kappa shape index (κ2) is 9.46. The van der Waals surface area contributed by atoms with Crippen LogP contribution in [0.25, 0.3) is 11.3 Å². The number of ether oxygens (including phenoxy) is 2. The van der Waals surface area contributed by atoms with Gasteiger partial charge in [0.2, 0.25) is 5.91 Å². The molecule has 1 aliphatic rings. The van der Waals surface area contributed by atoms with Crippen molar-refractivity contribution >= 4 is 12.1 Å². The fourth-order valence-electron chi connectivity index (χ4n) is 4.72. The summed E-state index contributed by atoms with van der Waals surface area (Å²) in [4.78, 5) is 13.1. The van der Waals surface area contributed by atoms with E-state index < -0.39 is 0 Å². The van der Waals surface area contributed by atoms with E-state index in [0.29, 0.717) is 11.5 Å². The molecular formula is C28H26N4O3. The number of hydrazone groups is 1. The Balaban J connectivity index is 1.34. The molecule has 176 valence electrons. The Morgan fingerprint density at radius 3 is 2.29 bits per heavy atom. The van der Waals surface area contributed by atoms with E-state index in [-0.39, 0.29) is 17.2 Å². The Morgan fingerprint density at radius 1 is 1.00 bits per heavy atom. The molecule has 7 heteroatoms. The molecule has 0 aliphatic heterocycles. The van der Waals surface area contributed by atoms with Gasteiger partial charge in [0, 0.05) is 16.5 Å². The highest BCUT2D eigenvalue weighted by molar-refractivity contribution is 5.91. The summed E-state index contributed by atoms with van der Waals surface area (Å²) in [5.74, 6) is 0.954. The van der Waals surface area contributed by atoms with Gasteiger partial charge in [-0.05, 0) is 35.7 Å². The van der Waals surface area contributed by atoms with Gasteiger partial charge in [-0.25, -0.2) is 5.43 Å². The normalized spacial score (nSPS) is 16.1. The van der Waals surface area contributed by atoms with E-state index >= 15 is 0 Å². The third kappa shape index (κ3) is 4.17. The van der Waals surface area contributed by atoms with Crippen molar-refractivity contribution in [3.05, 3.63) is 102 Å². The number of aromatic nitrogens is 2. The van der Waals surface area contributed by atoms with Gasteiger partial charge in [0.15, 0.2) is 11.5 Å². The topological polar surface area (TPSA) is 88.6 Å². The summed E-state index contributed by atoms with van der Waals surface area (Å²) in [6.45, 7) is 0. The van der Waals surface area contributed by atoms with Crippen LogP contribution in [0.15, 0.2) is 90.2 Å². The average Bonchev–Trinajstić information content (AvgIpc) is 3.52. The van der Waals surface area contributed by atoms with Crippen LogP contribution in [0.1, 0.15) is 23.1 Å². The second-order valence-electron chi connectivity index (χ2n) is 8.46. The Kier molecular flexibility index (Phi) is 6.06. The van der Waals surface area contributed by atoms with Gasteiger partial charge in [0.25, 0.3) is 0 Å². The molecule has 2 N–H and O–H groups in total. The summed E-state index contributed by atoms with van der Waals surface area (Å²) < 4.78 is 10.7. The largest absolute Gasteiger partial charge is 0.493 e. The third-order valence-electron chi connectivity index (χ3n) is 6.57. The van der Waals surface area contributed by atoms with Gasteiger partial charge >= 0.3 is 0 Å². The van der Waals surface area contributed by atoms with Crippen LogP contribution in [0.3, 0.4) is 0 Å². The van der Waals surface area contributed by atoms with Crippen LogP contribution in [0.2, 0.25) is 0 Å². The fourth-order valence-corrected chi connectivity index (χ4v) is 4.72. The highest BCUT2D eigenvalue weighted by atomic mass is 16.5. The third-order valence-corrected chi connectivity index (χ3v) is 6.57. The van der Waals surface area contributed by atoms with Gasteiger partial charge in [-0.3, -0.25) is 9.89 Å². The van der Waals surface area contributed by atoms with Crippen molar-refractivity contribution < 1.29 is 14.3 Å². The molecular weight excluding hydrogens is 440 g/mol. The maximum atomic E-state index is 13.1. The number of rotatable bonds is 8. The molecule has 1 aromatic heterocycles. The van der Waals surface area contributed by atoms with Gasteiger partial charge in [-0.15, -0.1) is 0 Å². The van der Waals surface area contributed by atoms with Crippen LogP contribution >= 0.6 is 0 Å². The van der Waals surface area contributed by atoms with E-state index in [2.05, 4.69) is 45.0 Å². The molecule has 0 unspecified atom stereocenters. The maximum absolute atomic E-state index is 13.1. The first kappa shape index (κ1) is 22.4. The molecule has 0 bridgehead atoms. The minimum Gasteiger partial charge on any atom is -0.493 e. The number of amides is 1. The predicted octanol–water partition coefficient (Wildman–Crippen LogP) is 4.55. The number of aromatic amines is 1. The van der Waals surface area contributed by atoms with Crippen molar-refractivity contribution in [2.75, 3.05) is 14.2 Å². The Bertz CT molecular complexity index is 1310. The molecule has 3 aromatic carbocycles. The average molecular weight is 467 g/mol. The minimum absolute atomic E-state index is 0.106. The number of nitrogens with zero attached hydrogens (tertiary/aromatic N) is 2. The van der Waals surface area contributed by atoms with Crippen molar-refractivity contribution in [3.63, 3.8) is 0 Å². The zero-order chi connectivity index (χ0) is 24.3. The van der Waals surface area contributed by atoms with E-state index in [1.54, 1.807) is 26.6 Å².